The predicted octanol–water partition coefficient (Wildman–Crippen LogP) is 3.69. The average Bonchev–Trinajstić information content (AvgIpc) is 3.40. The van der Waals surface area contributed by atoms with E-state index in [0.717, 1.165) is 36.2 Å². The molecule has 1 aromatic carbocycles. The Balaban J connectivity index is 1.31. The summed E-state index contributed by atoms with van der Waals surface area (Å²) in [5.41, 5.74) is 3.48. The second-order valence-corrected chi connectivity index (χ2v) is 9.80. The number of fused-ring (bicyclic) bond motifs is 3. The number of hydrogen-bond acceptors (Lipinski definition) is 3. The van der Waals surface area contributed by atoms with Crippen molar-refractivity contribution in [3.05, 3.63) is 52.6 Å². The summed E-state index contributed by atoms with van der Waals surface area (Å²) in [6.45, 7) is 3.74. The monoisotopic (exact) mass is 425 g/mol. The van der Waals surface area contributed by atoms with Gasteiger partial charge >= 0.3 is 5.97 Å². The van der Waals surface area contributed by atoms with Crippen molar-refractivity contribution in [1.29, 1.82) is 0 Å². The number of nitrogens with zero attached hydrogens (tertiary/aromatic N) is 3. The van der Waals surface area contributed by atoms with E-state index >= 15 is 0 Å². The molecule has 2 fully saturated rings. The Morgan fingerprint density at radius 1 is 1.16 bits per heavy atom. The molecule has 1 N–H and O–H groups in total. The third-order valence-electron chi connectivity index (χ3n) is 7.90. The summed E-state index contributed by atoms with van der Waals surface area (Å²) in [7, 11) is 0. The SMILES string of the molecule is Cc1nn(Cc2ccc(F)cc2)c2c1CCN(C(=O)CC13CCC(C(=O)O)(CC1)C3)C2. The number of carbonyl (C=O) groups excluding carboxylic acids is 1. The first-order valence-electron chi connectivity index (χ1n) is 11.1. The molecular formula is C24H28FN3O3. The van der Waals surface area contributed by atoms with Crippen molar-refractivity contribution in [2.75, 3.05) is 6.54 Å². The van der Waals surface area contributed by atoms with Gasteiger partial charge in [0.05, 0.1) is 29.9 Å². The maximum atomic E-state index is 13.2. The van der Waals surface area contributed by atoms with Crippen molar-refractivity contribution in [2.24, 2.45) is 10.8 Å². The fourth-order valence-corrected chi connectivity index (χ4v) is 6.07. The number of aliphatic carboxylic acids is 1. The Morgan fingerprint density at radius 2 is 1.87 bits per heavy atom. The number of aromatic nitrogens is 2. The van der Waals surface area contributed by atoms with Crippen LogP contribution in [-0.4, -0.2) is 38.2 Å². The fourth-order valence-electron chi connectivity index (χ4n) is 6.07. The standard InChI is InChI=1S/C24H28FN3O3/c1-16-19-6-11-27(14-20(19)28(26-16)13-17-2-4-18(25)5-3-17)21(29)12-23-7-9-24(15-23,10-8-23)22(30)31/h2-5H,6-15H2,1H3,(H,30,31). The van der Waals surface area contributed by atoms with Gasteiger partial charge in [-0.05, 0) is 74.1 Å². The summed E-state index contributed by atoms with van der Waals surface area (Å²) in [5.74, 6) is -0.827. The molecule has 5 rings (SSSR count). The van der Waals surface area contributed by atoms with Crippen LogP contribution in [0.25, 0.3) is 0 Å². The lowest BCUT2D eigenvalue weighted by Crippen LogP contribution is -2.39. The molecule has 7 heteroatoms. The molecule has 3 aliphatic rings. The molecule has 0 atom stereocenters. The zero-order valence-electron chi connectivity index (χ0n) is 17.9. The molecule has 1 aliphatic heterocycles. The number of halogens is 1. The number of amides is 1. The summed E-state index contributed by atoms with van der Waals surface area (Å²) < 4.78 is 15.2. The number of benzene rings is 1. The number of carboxylic acids is 1. The molecule has 2 aliphatic carbocycles. The first-order chi connectivity index (χ1) is 14.8. The molecule has 2 bridgehead atoms. The van der Waals surface area contributed by atoms with Crippen LogP contribution < -0.4 is 0 Å². The van der Waals surface area contributed by atoms with Gasteiger partial charge in [0.2, 0.25) is 5.91 Å². The van der Waals surface area contributed by atoms with Gasteiger partial charge in [-0.1, -0.05) is 12.1 Å². The van der Waals surface area contributed by atoms with Crippen molar-refractivity contribution in [1.82, 2.24) is 14.7 Å². The summed E-state index contributed by atoms with van der Waals surface area (Å²) >= 11 is 0. The van der Waals surface area contributed by atoms with Crippen molar-refractivity contribution in [3.8, 4) is 0 Å². The molecule has 0 unspecified atom stereocenters. The van der Waals surface area contributed by atoms with E-state index in [9.17, 15) is 19.1 Å². The van der Waals surface area contributed by atoms with Gasteiger partial charge in [0, 0.05) is 13.0 Å². The van der Waals surface area contributed by atoms with Crippen molar-refractivity contribution in [3.63, 3.8) is 0 Å². The molecule has 2 heterocycles. The minimum atomic E-state index is -0.692. The zero-order chi connectivity index (χ0) is 21.8. The number of hydrogen-bond donors (Lipinski definition) is 1. The second-order valence-electron chi connectivity index (χ2n) is 9.80. The van der Waals surface area contributed by atoms with Crippen LogP contribution in [0.1, 0.15) is 61.0 Å². The van der Waals surface area contributed by atoms with Crippen LogP contribution in [0.15, 0.2) is 24.3 Å². The van der Waals surface area contributed by atoms with Crippen LogP contribution in [0, 0.1) is 23.6 Å². The zero-order valence-corrected chi connectivity index (χ0v) is 17.9. The Morgan fingerprint density at radius 3 is 2.52 bits per heavy atom. The molecule has 0 saturated heterocycles. The van der Waals surface area contributed by atoms with Gasteiger partial charge < -0.3 is 10.0 Å². The van der Waals surface area contributed by atoms with Gasteiger partial charge in [0.25, 0.3) is 0 Å². The molecule has 1 amide bonds. The van der Waals surface area contributed by atoms with E-state index in [4.69, 9.17) is 5.10 Å². The van der Waals surface area contributed by atoms with E-state index < -0.39 is 11.4 Å². The third kappa shape index (κ3) is 3.44. The highest BCUT2D eigenvalue weighted by atomic mass is 19.1. The van der Waals surface area contributed by atoms with Gasteiger partial charge in [-0.15, -0.1) is 0 Å². The molecule has 164 valence electrons. The minimum Gasteiger partial charge on any atom is -0.481 e. The predicted molar refractivity (Wildman–Crippen MR) is 112 cm³/mol. The molecular weight excluding hydrogens is 397 g/mol. The quantitative estimate of drug-likeness (QED) is 0.793. The van der Waals surface area contributed by atoms with E-state index in [-0.39, 0.29) is 17.1 Å². The van der Waals surface area contributed by atoms with Gasteiger partial charge in [0.1, 0.15) is 5.82 Å². The van der Waals surface area contributed by atoms with Crippen LogP contribution in [0.2, 0.25) is 0 Å². The largest absolute Gasteiger partial charge is 0.481 e. The second kappa shape index (κ2) is 7.18. The maximum Gasteiger partial charge on any atom is 0.309 e. The topological polar surface area (TPSA) is 75.4 Å². The van der Waals surface area contributed by atoms with Gasteiger partial charge in [-0.3, -0.25) is 14.3 Å². The fraction of sp³-hybridized carbons (Fsp3) is 0.542. The number of carboxylic acid groups (broad SMARTS) is 1. The highest BCUT2D eigenvalue weighted by molar-refractivity contribution is 5.79. The van der Waals surface area contributed by atoms with Gasteiger partial charge in [0.15, 0.2) is 0 Å². The van der Waals surface area contributed by atoms with Crippen LogP contribution >= 0.6 is 0 Å². The Hall–Kier alpha value is -2.70. The van der Waals surface area contributed by atoms with E-state index in [1.807, 2.05) is 16.5 Å². The van der Waals surface area contributed by atoms with Crippen LogP contribution in [0.4, 0.5) is 4.39 Å². The molecule has 6 nitrogen and oxygen atoms in total. The highest BCUT2D eigenvalue weighted by Gasteiger charge is 2.58. The highest BCUT2D eigenvalue weighted by Crippen LogP contribution is 2.63. The van der Waals surface area contributed by atoms with Gasteiger partial charge in [-0.25, -0.2) is 4.39 Å². The lowest BCUT2D eigenvalue weighted by molar-refractivity contribution is -0.148. The third-order valence-corrected chi connectivity index (χ3v) is 7.90. The first kappa shape index (κ1) is 20.2. The van der Waals surface area contributed by atoms with Crippen LogP contribution in [0.5, 0.6) is 0 Å². The first-order valence-corrected chi connectivity index (χ1v) is 11.1. The Labute approximate surface area is 181 Å². The Bertz CT molecular complexity index is 1040. The lowest BCUT2D eigenvalue weighted by Gasteiger charge is -2.32. The number of carbonyl (C=O) groups is 2. The van der Waals surface area contributed by atoms with Crippen LogP contribution in [0.3, 0.4) is 0 Å². The number of rotatable bonds is 5. The molecule has 31 heavy (non-hydrogen) atoms. The summed E-state index contributed by atoms with van der Waals surface area (Å²) in [5, 5.41) is 14.3. The molecule has 2 saturated carbocycles. The summed E-state index contributed by atoms with van der Waals surface area (Å²) in [6, 6.07) is 6.43. The van der Waals surface area contributed by atoms with Crippen molar-refractivity contribution in [2.45, 2.75) is 65.0 Å². The van der Waals surface area contributed by atoms with Crippen LogP contribution in [-0.2, 0) is 29.1 Å². The lowest BCUT2D eigenvalue weighted by atomic mass is 9.80. The van der Waals surface area contributed by atoms with Crippen molar-refractivity contribution >= 4 is 11.9 Å². The molecule has 2 aromatic rings. The minimum absolute atomic E-state index is 0.126. The van der Waals surface area contributed by atoms with E-state index in [0.29, 0.717) is 45.3 Å². The molecule has 0 spiro atoms. The molecule has 0 radical (unpaired) electrons. The van der Waals surface area contributed by atoms with Gasteiger partial charge in [-0.2, -0.15) is 5.10 Å². The van der Waals surface area contributed by atoms with Crippen molar-refractivity contribution < 1.29 is 19.1 Å². The average molecular weight is 426 g/mol. The summed E-state index contributed by atoms with van der Waals surface area (Å²) in [6.07, 6.45) is 4.94. The van der Waals surface area contributed by atoms with E-state index in [1.165, 1.54) is 17.7 Å². The smallest absolute Gasteiger partial charge is 0.309 e. The normalized spacial score (nSPS) is 26.8. The maximum absolute atomic E-state index is 13.2. The number of aryl methyl sites for hydroxylation is 1. The molecule has 1 aromatic heterocycles. The Kier molecular flexibility index (Phi) is 4.68. The van der Waals surface area contributed by atoms with E-state index in [2.05, 4.69) is 0 Å². The summed E-state index contributed by atoms with van der Waals surface area (Å²) in [4.78, 5) is 26.9. The van der Waals surface area contributed by atoms with E-state index in [1.54, 1.807) is 12.1 Å².